The van der Waals surface area contributed by atoms with Crippen LogP contribution in [0.25, 0.3) is 21.9 Å². The van der Waals surface area contributed by atoms with Crippen molar-refractivity contribution in [2.45, 2.75) is 20.3 Å². The van der Waals surface area contributed by atoms with E-state index in [1.54, 1.807) is 18.4 Å². The molecule has 2 heterocycles. The number of rotatable bonds is 6. The predicted octanol–water partition coefficient (Wildman–Crippen LogP) is 5.39. The predicted molar refractivity (Wildman–Crippen MR) is 100 cm³/mol. The molecule has 0 aliphatic carbocycles. The Bertz CT molecular complexity index is 1030. The van der Waals surface area contributed by atoms with Crippen LogP contribution in [0.15, 0.2) is 80.1 Å². The zero-order valence-electron chi connectivity index (χ0n) is 14.4. The van der Waals surface area contributed by atoms with Gasteiger partial charge in [-0.25, -0.2) is 4.79 Å². The third-order valence-corrected chi connectivity index (χ3v) is 3.81. The molecule has 0 spiro atoms. The number of hydrogen-bond donors (Lipinski definition) is 0. The van der Waals surface area contributed by atoms with E-state index < -0.39 is 5.63 Å². The number of hydrogen-bond acceptors (Lipinski definition) is 4. The summed E-state index contributed by atoms with van der Waals surface area (Å²) < 4.78 is 16.7. The number of ether oxygens (including phenoxy) is 1. The molecule has 0 aliphatic rings. The van der Waals surface area contributed by atoms with E-state index in [4.69, 9.17) is 13.6 Å². The van der Waals surface area contributed by atoms with Crippen LogP contribution in [0.5, 0.6) is 5.75 Å². The molecule has 4 heteroatoms. The summed E-state index contributed by atoms with van der Waals surface area (Å²) in [6.45, 7) is 8.29. The minimum atomic E-state index is -0.399. The van der Waals surface area contributed by atoms with Gasteiger partial charge in [0.1, 0.15) is 23.5 Å². The molecule has 0 saturated heterocycles. The summed E-state index contributed by atoms with van der Waals surface area (Å²) in [6, 6.07) is 6.67. The molecule has 128 valence electrons. The van der Waals surface area contributed by atoms with E-state index in [-0.39, 0.29) is 0 Å². The number of furan rings is 1. The second-order valence-electron chi connectivity index (χ2n) is 6.02. The SMILES string of the molecule is C=C(C)/C=C/CC(C)=CCOc1c2ccoc2cc2oc(=O)ccc12. The summed E-state index contributed by atoms with van der Waals surface area (Å²) in [4.78, 5) is 11.5. The van der Waals surface area contributed by atoms with Crippen LogP contribution in [0.3, 0.4) is 0 Å². The Morgan fingerprint density at radius 2 is 2.00 bits per heavy atom. The normalized spacial score (nSPS) is 12.3. The van der Waals surface area contributed by atoms with Gasteiger partial charge in [0.25, 0.3) is 0 Å². The summed E-state index contributed by atoms with van der Waals surface area (Å²) in [5, 5.41) is 1.61. The molecule has 0 fully saturated rings. The van der Waals surface area contributed by atoms with E-state index in [9.17, 15) is 4.79 Å². The van der Waals surface area contributed by atoms with Gasteiger partial charge in [0, 0.05) is 12.1 Å². The Balaban J connectivity index is 1.86. The quantitative estimate of drug-likeness (QED) is 0.344. The topological polar surface area (TPSA) is 52.6 Å². The zero-order valence-corrected chi connectivity index (χ0v) is 14.4. The minimum Gasteiger partial charge on any atom is -0.488 e. The van der Waals surface area contributed by atoms with Gasteiger partial charge in [0.15, 0.2) is 0 Å². The Labute approximate surface area is 145 Å². The van der Waals surface area contributed by atoms with Gasteiger partial charge in [-0.3, -0.25) is 0 Å². The molecule has 2 aromatic heterocycles. The van der Waals surface area contributed by atoms with Crippen LogP contribution in [0.2, 0.25) is 0 Å². The standard InChI is InChI=1S/C21H20O4/c1-14(2)5-4-6-15(3)9-11-24-21-16-7-8-20(22)25-19(16)13-18-17(21)10-12-23-18/h4-5,7-10,12-13H,1,6,11H2,2-3H3/b5-4+,15-9?. The van der Waals surface area contributed by atoms with Crippen LogP contribution in [0.4, 0.5) is 0 Å². The second-order valence-corrected chi connectivity index (χ2v) is 6.02. The first-order valence-corrected chi connectivity index (χ1v) is 8.09. The summed E-state index contributed by atoms with van der Waals surface area (Å²) >= 11 is 0. The number of fused-ring (bicyclic) bond motifs is 2. The van der Waals surface area contributed by atoms with E-state index >= 15 is 0 Å². The zero-order chi connectivity index (χ0) is 17.8. The average Bonchev–Trinajstić information content (AvgIpc) is 3.01. The summed E-state index contributed by atoms with van der Waals surface area (Å²) in [5.74, 6) is 0.659. The van der Waals surface area contributed by atoms with Crippen molar-refractivity contribution in [1.82, 2.24) is 0 Å². The third kappa shape index (κ3) is 3.91. The van der Waals surface area contributed by atoms with Gasteiger partial charge in [-0.05, 0) is 38.5 Å². The van der Waals surface area contributed by atoms with Gasteiger partial charge >= 0.3 is 5.63 Å². The van der Waals surface area contributed by atoms with Gasteiger partial charge in [0.05, 0.1) is 17.0 Å². The second kappa shape index (κ2) is 7.26. The maximum Gasteiger partial charge on any atom is 0.336 e. The van der Waals surface area contributed by atoms with Crippen LogP contribution >= 0.6 is 0 Å². The lowest BCUT2D eigenvalue weighted by Crippen LogP contribution is -1.99. The molecule has 0 bridgehead atoms. The van der Waals surface area contributed by atoms with E-state index in [1.165, 1.54) is 11.6 Å². The largest absolute Gasteiger partial charge is 0.488 e. The van der Waals surface area contributed by atoms with Crippen molar-refractivity contribution >= 4 is 21.9 Å². The Morgan fingerprint density at radius 1 is 1.20 bits per heavy atom. The fourth-order valence-electron chi connectivity index (χ4n) is 2.56. The van der Waals surface area contributed by atoms with Crippen molar-refractivity contribution < 1.29 is 13.6 Å². The molecule has 25 heavy (non-hydrogen) atoms. The maximum atomic E-state index is 11.5. The van der Waals surface area contributed by atoms with Gasteiger partial charge < -0.3 is 13.6 Å². The Kier molecular flexibility index (Phi) is 4.89. The van der Waals surface area contributed by atoms with E-state index in [2.05, 4.69) is 19.6 Å². The monoisotopic (exact) mass is 336 g/mol. The van der Waals surface area contributed by atoms with Gasteiger partial charge in [0.2, 0.25) is 0 Å². The lowest BCUT2D eigenvalue weighted by Gasteiger charge is -2.08. The molecule has 0 N–H and O–H groups in total. The van der Waals surface area contributed by atoms with Crippen molar-refractivity contribution in [3.05, 3.63) is 76.9 Å². The Hall–Kier alpha value is -3.01. The Morgan fingerprint density at radius 3 is 2.80 bits per heavy atom. The van der Waals surface area contributed by atoms with Gasteiger partial charge in [-0.15, -0.1) is 0 Å². The van der Waals surface area contributed by atoms with Gasteiger partial charge in [-0.2, -0.15) is 0 Å². The van der Waals surface area contributed by atoms with Crippen molar-refractivity contribution in [3.8, 4) is 5.75 Å². The third-order valence-electron chi connectivity index (χ3n) is 3.81. The first-order valence-electron chi connectivity index (χ1n) is 8.09. The minimum absolute atomic E-state index is 0.399. The van der Waals surface area contributed by atoms with Crippen molar-refractivity contribution in [2.75, 3.05) is 6.61 Å². The van der Waals surface area contributed by atoms with E-state index in [1.807, 2.05) is 25.1 Å². The fraction of sp³-hybridized carbons (Fsp3) is 0.190. The molecule has 0 atom stereocenters. The number of benzene rings is 1. The molecule has 0 radical (unpaired) electrons. The van der Waals surface area contributed by atoms with Crippen LogP contribution < -0.4 is 10.4 Å². The summed E-state index contributed by atoms with van der Waals surface area (Å²) in [5.41, 5.74) is 2.91. The first kappa shape index (κ1) is 16.8. The summed E-state index contributed by atoms with van der Waals surface area (Å²) in [6.07, 6.45) is 8.56. The van der Waals surface area contributed by atoms with Crippen LogP contribution in [0.1, 0.15) is 20.3 Å². The van der Waals surface area contributed by atoms with Crippen LogP contribution in [-0.2, 0) is 0 Å². The molecular weight excluding hydrogens is 316 g/mol. The van der Waals surface area contributed by atoms with Crippen LogP contribution in [-0.4, -0.2) is 6.61 Å². The fourth-order valence-corrected chi connectivity index (χ4v) is 2.56. The first-order chi connectivity index (χ1) is 12.0. The molecule has 4 nitrogen and oxygen atoms in total. The molecule has 3 aromatic rings. The average molecular weight is 336 g/mol. The highest BCUT2D eigenvalue weighted by Gasteiger charge is 2.12. The molecule has 1 aromatic carbocycles. The smallest absolute Gasteiger partial charge is 0.336 e. The number of allylic oxidation sites excluding steroid dienone is 4. The lowest BCUT2D eigenvalue weighted by molar-refractivity contribution is 0.369. The summed E-state index contributed by atoms with van der Waals surface area (Å²) in [7, 11) is 0. The molecule has 3 rings (SSSR count). The highest BCUT2D eigenvalue weighted by Crippen LogP contribution is 2.35. The highest BCUT2D eigenvalue weighted by molar-refractivity contribution is 6.01. The van der Waals surface area contributed by atoms with Crippen molar-refractivity contribution in [1.29, 1.82) is 0 Å². The van der Waals surface area contributed by atoms with E-state index in [0.717, 1.165) is 22.8 Å². The lowest BCUT2D eigenvalue weighted by atomic mass is 10.1. The molecule has 0 amide bonds. The molecular formula is C21H20O4. The van der Waals surface area contributed by atoms with Crippen molar-refractivity contribution in [3.63, 3.8) is 0 Å². The molecule has 0 aliphatic heterocycles. The van der Waals surface area contributed by atoms with Crippen molar-refractivity contribution in [2.24, 2.45) is 0 Å². The maximum absolute atomic E-state index is 11.5. The van der Waals surface area contributed by atoms with Gasteiger partial charge in [-0.1, -0.05) is 29.9 Å². The molecule has 0 saturated carbocycles. The highest BCUT2D eigenvalue weighted by atomic mass is 16.5. The van der Waals surface area contributed by atoms with E-state index in [0.29, 0.717) is 23.5 Å². The molecule has 0 unspecified atom stereocenters. The van der Waals surface area contributed by atoms with Crippen LogP contribution in [0, 0.1) is 0 Å².